The van der Waals surface area contributed by atoms with Crippen molar-refractivity contribution in [2.75, 3.05) is 6.61 Å². The van der Waals surface area contributed by atoms with Crippen molar-refractivity contribution in [1.82, 2.24) is 0 Å². The van der Waals surface area contributed by atoms with Crippen molar-refractivity contribution < 1.29 is 4.74 Å². The van der Waals surface area contributed by atoms with Crippen molar-refractivity contribution in [2.45, 2.75) is 26.2 Å². The Morgan fingerprint density at radius 1 is 1.31 bits per heavy atom. The topological polar surface area (TPSA) is 9.23 Å². The highest BCUT2D eigenvalue weighted by Gasteiger charge is 2.04. The van der Waals surface area contributed by atoms with E-state index in [1.165, 1.54) is 28.7 Å². The number of rotatable bonds is 5. The van der Waals surface area contributed by atoms with Crippen molar-refractivity contribution in [3.63, 3.8) is 0 Å². The van der Waals surface area contributed by atoms with E-state index in [1.54, 1.807) is 0 Å². The second-order valence-electron chi connectivity index (χ2n) is 3.27. The zero-order valence-electron chi connectivity index (χ0n) is 7.88. The van der Waals surface area contributed by atoms with Gasteiger partial charge in [-0.2, -0.15) is 0 Å². The van der Waals surface area contributed by atoms with Crippen molar-refractivity contribution in [3.8, 4) is 5.75 Å². The van der Waals surface area contributed by atoms with Gasteiger partial charge in [-0.25, -0.2) is 0 Å². The SMILES string of the molecule is CCCCCOc1cc2ccc1s2. The molecular weight excluding hydrogens is 180 g/mol. The molecule has 2 aromatic heterocycles. The van der Waals surface area contributed by atoms with Gasteiger partial charge >= 0.3 is 0 Å². The normalized spacial score (nSPS) is 11.2. The van der Waals surface area contributed by atoms with E-state index >= 15 is 0 Å². The standard InChI is InChI=1S/C11H14OS/c1-2-3-4-7-12-10-8-9-5-6-11(10)13-9/h5-6,8H,2-4,7H2,1H3. The lowest BCUT2D eigenvalue weighted by atomic mass is 10.3. The Hall–Kier alpha value is -0.760. The Morgan fingerprint density at radius 2 is 2.23 bits per heavy atom. The van der Waals surface area contributed by atoms with Gasteiger partial charge in [0.15, 0.2) is 0 Å². The van der Waals surface area contributed by atoms with Crippen LogP contribution in [0.5, 0.6) is 5.75 Å². The summed E-state index contributed by atoms with van der Waals surface area (Å²) in [7, 11) is 0. The maximum atomic E-state index is 5.67. The molecule has 0 aliphatic carbocycles. The van der Waals surface area contributed by atoms with E-state index in [9.17, 15) is 0 Å². The Morgan fingerprint density at radius 3 is 2.85 bits per heavy atom. The molecule has 2 heterocycles. The molecule has 13 heavy (non-hydrogen) atoms. The zero-order valence-corrected chi connectivity index (χ0v) is 8.69. The molecule has 2 heteroatoms. The molecule has 70 valence electrons. The van der Waals surface area contributed by atoms with Gasteiger partial charge in [-0.15, -0.1) is 11.3 Å². The van der Waals surface area contributed by atoms with Gasteiger partial charge in [-0.05, 0) is 24.6 Å². The van der Waals surface area contributed by atoms with Crippen LogP contribution in [-0.2, 0) is 0 Å². The second-order valence-corrected chi connectivity index (χ2v) is 4.38. The average Bonchev–Trinajstić information content (AvgIpc) is 2.73. The first kappa shape index (κ1) is 8.82. The van der Waals surface area contributed by atoms with E-state index in [2.05, 4.69) is 25.1 Å². The number of thiophene rings is 2. The lowest BCUT2D eigenvalue weighted by Crippen LogP contribution is -1.95. The first-order chi connectivity index (χ1) is 6.40. The van der Waals surface area contributed by atoms with Crippen LogP contribution in [0.15, 0.2) is 18.2 Å². The minimum atomic E-state index is 0.866. The molecule has 0 radical (unpaired) electrons. The zero-order chi connectivity index (χ0) is 9.10. The van der Waals surface area contributed by atoms with E-state index in [0.29, 0.717) is 0 Å². The number of benzene rings is 1. The molecule has 0 fully saturated rings. The molecule has 2 aromatic rings. The van der Waals surface area contributed by atoms with Crippen molar-refractivity contribution >= 4 is 20.7 Å². The van der Waals surface area contributed by atoms with Crippen molar-refractivity contribution in [2.24, 2.45) is 0 Å². The van der Waals surface area contributed by atoms with E-state index in [0.717, 1.165) is 12.4 Å². The highest BCUT2D eigenvalue weighted by Crippen LogP contribution is 2.34. The first-order valence-electron chi connectivity index (χ1n) is 4.85. The van der Waals surface area contributed by atoms with Crippen LogP contribution in [0.4, 0.5) is 0 Å². The van der Waals surface area contributed by atoms with E-state index < -0.39 is 0 Å². The lowest BCUT2D eigenvalue weighted by Gasteiger charge is -2.03. The number of hydrogen-bond acceptors (Lipinski definition) is 2. The van der Waals surface area contributed by atoms with Crippen LogP contribution >= 0.6 is 11.3 Å². The fourth-order valence-electron chi connectivity index (χ4n) is 1.41. The van der Waals surface area contributed by atoms with Crippen LogP contribution in [0.2, 0.25) is 0 Å². The number of ether oxygens (including phenoxy) is 1. The summed E-state index contributed by atoms with van der Waals surface area (Å²) in [5, 5.41) is 0. The minimum absolute atomic E-state index is 0.866. The smallest absolute Gasteiger partial charge is 0.137 e. The molecule has 2 rings (SSSR count). The Kier molecular flexibility index (Phi) is 2.69. The molecule has 0 aromatic carbocycles. The maximum absolute atomic E-state index is 5.67. The minimum Gasteiger partial charge on any atom is -0.492 e. The molecule has 0 aliphatic heterocycles. The third-order valence-corrected chi connectivity index (χ3v) is 3.20. The Labute approximate surface area is 82.7 Å². The van der Waals surface area contributed by atoms with Crippen LogP contribution in [0.1, 0.15) is 26.2 Å². The summed E-state index contributed by atoms with van der Waals surface area (Å²) >= 11 is 1.81. The number of fused-ring (bicyclic) bond motifs is 2. The molecule has 0 saturated heterocycles. The third kappa shape index (κ3) is 1.94. The predicted octanol–water partition coefficient (Wildman–Crippen LogP) is 3.91. The van der Waals surface area contributed by atoms with E-state index in [-0.39, 0.29) is 0 Å². The first-order valence-corrected chi connectivity index (χ1v) is 5.66. The second kappa shape index (κ2) is 3.97. The number of hydrogen-bond donors (Lipinski definition) is 0. The van der Waals surface area contributed by atoms with Gasteiger partial charge < -0.3 is 4.74 Å². The summed E-state index contributed by atoms with van der Waals surface area (Å²) in [6, 6.07) is 6.40. The summed E-state index contributed by atoms with van der Waals surface area (Å²) in [6.45, 7) is 3.07. The molecule has 0 aliphatic rings. The molecule has 0 saturated carbocycles. The maximum Gasteiger partial charge on any atom is 0.137 e. The quantitative estimate of drug-likeness (QED) is 0.656. The molecule has 0 spiro atoms. The van der Waals surface area contributed by atoms with Gasteiger partial charge in [0.2, 0.25) is 0 Å². The van der Waals surface area contributed by atoms with Crippen LogP contribution in [0.25, 0.3) is 9.40 Å². The average molecular weight is 194 g/mol. The summed E-state index contributed by atoms with van der Waals surface area (Å²) < 4.78 is 8.27. The molecule has 0 unspecified atom stereocenters. The van der Waals surface area contributed by atoms with E-state index in [1.807, 2.05) is 11.3 Å². The van der Waals surface area contributed by atoms with Gasteiger partial charge in [0, 0.05) is 4.70 Å². The van der Waals surface area contributed by atoms with Crippen LogP contribution in [0, 0.1) is 0 Å². The summed E-state index contributed by atoms with van der Waals surface area (Å²) in [6.07, 6.45) is 3.69. The molecular formula is C11H14OS. The monoisotopic (exact) mass is 194 g/mol. The summed E-state index contributed by atoms with van der Waals surface area (Å²) in [4.78, 5) is 0. The molecule has 1 nitrogen and oxygen atoms in total. The fraction of sp³-hybridized carbons (Fsp3) is 0.455. The van der Waals surface area contributed by atoms with Gasteiger partial charge in [0.05, 0.1) is 11.3 Å². The molecule has 0 atom stereocenters. The van der Waals surface area contributed by atoms with Gasteiger partial charge in [-0.1, -0.05) is 19.8 Å². The Bertz CT molecular complexity index is 353. The van der Waals surface area contributed by atoms with Crippen LogP contribution < -0.4 is 4.74 Å². The van der Waals surface area contributed by atoms with Crippen LogP contribution in [0.3, 0.4) is 0 Å². The van der Waals surface area contributed by atoms with Gasteiger partial charge in [0.25, 0.3) is 0 Å². The Balaban J connectivity index is 1.85. The summed E-state index contributed by atoms with van der Waals surface area (Å²) in [5.74, 6) is 1.08. The number of unbranched alkanes of at least 4 members (excludes halogenated alkanes) is 2. The van der Waals surface area contributed by atoms with Gasteiger partial charge in [0.1, 0.15) is 5.75 Å². The van der Waals surface area contributed by atoms with Crippen molar-refractivity contribution in [3.05, 3.63) is 18.2 Å². The third-order valence-electron chi connectivity index (χ3n) is 2.15. The highest BCUT2D eigenvalue weighted by molar-refractivity contribution is 7.24. The lowest BCUT2D eigenvalue weighted by molar-refractivity contribution is 0.310. The molecule has 0 amide bonds. The fourth-order valence-corrected chi connectivity index (χ4v) is 2.32. The molecule has 2 bridgehead atoms. The molecule has 0 N–H and O–H groups in total. The van der Waals surface area contributed by atoms with Crippen LogP contribution in [-0.4, -0.2) is 6.61 Å². The largest absolute Gasteiger partial charge is 0.492 e. The highest BCUT2D eigenvalue weighted by atomic mass is 32.1. The summed E-state index contributed by atoms with van der Waals surface area (Å²) in [5.41, 5.74) is 0. The predicted molar refractivity (Wildman–Crippen MR) is 58.0 cm³/mol. The van der Waals surface area contributed by atoms with Crippen molar-refractivity contribution in [1.29, 1.82) is 0 Å². The van der Waals surface area contributed by atoms with Gasteiger partial charge in [-0.3, -0.25) is 0 Å². The van der Waals surface area contributed by atoms with E-state index in [4.69, 9.17) is 4.74 Å².